The quantitative estimate of drug-likeness (QED) is 0.417. The van der Waals surface area contributed by atoms with Gasteiger partial charge < -0.3 is 19.8 Å². The predicted molar refractivity (Wildman–Crippen MR) is 124 cm³/mol. The van der Waals surface area contributed by atoms with E-state index in [2.05, 4.69) is 25.0 Å². The second-order valence-corrected chi connectivity index (χ2v) is 9.97. The number of rotatable bonds is 5. The Kier molecular flexibility index (Phi) is 5.51. The normalized spacial score (nSPS) is 19.7. The van der Waals surface area contributed by atoms with Gasteiger partial charge in [-0.25, -0.2) is 4.99 Å². The van der Waals surface area contributed by atoms with Gasteiger partial charge in [0.15, 0.2) is 0 Å². The Morgan fingerprint density at radius 3 is 2.83 bits per heavy atom. The molecule has 158 valence electrons. The number of nitrogens with zero attached hydrogens (tertiary/aromatic N) is 3. The van der Waals surface area contributed by atoms with Crippen LogP contribution in [0.25, 0.3) is 0 Å². The van der Waals surface area contributed by atoms with Crippen molar-refractivity contribution >= 4 is 49.1 Å². The average Bonchev–Trinajstić information content (AvgIpc) is 3.28. The first-order chi connectivity index (χ1) is 14.3. The third-order valence-electron chi connectivity index (χ3n) is 5.03. The molecule has 2 aromatic rings. The van der Waals surface area contributed by atoms with Crippen molar-refractivity contribution in [3.63, 3.8) is 0 Å². The summed E-state index contributed by atoms with van der Waals surface area (Å²) in [7, 11) is 0.248. The topological polar surface area (TPSA) is 106 Å². The Morgan fingerprint density at radius 1 is 1.37 bits per heavy atom. The van der Waals surface area contributed by atoms with Crippen molar-refractivity contribution in [2.45, 2.75) is 33.4 Å². The number of aliphatic hydroxyl groups is 1. The number of nitrogens with one attached hydrogen (secondary N) is 3. The lowest BCUT2D eigenvalue weighted by atomic mass is 9.85. The van der Waals surface area contributed by atoms with E-state index in [0.717, 1.165) is 22.2 Å². The van der Waals surface area contributed by atoms with E-state index < -0.39 is 6.04 Å². The molecule has 2 aliphatic heterocycles. The number of aromatic amines is 1. The van der Waals surface area contributed by atoms with Crippen LogP contribution in [0.2, 0.25) is 0 Å². The van der Waals surface area contributed by atoms with Crippen molar-refractivity contribution in [3.8, 4) is 0 Å². The largest absolute Gasteiger partial charge is 0.509 e. The molecule has 0 aliphatic carbocycles. The van der Waals surface area contributed by atoms with Crippen LogP contribution < -0.4 is 15.1 Å². The van der Waals surface area contributed by atoms with Crippen LogP contribution in [0, 0.1) is 5.41 Å². The highest BCUT2D eigenvalue weighted by Gasteiger charge is 2.47. The Hall–Kier alpha value is -2.51. The lowest BCUT2D eigenvalue weighted by Gasteiger charge is -2.35. The number of aliphatic hydroxyl groups excluding tert-OH is 1. The smallest absolute Gasteiger partial charge is 0.262 e. The third-order valence-corrected chi connectivity index (χ3v) is 6.50. The number of amidine groups is 1. The van der Waals surface area contributed by atoms with Crippen molar-refractivity contribution in [1.29, 1.82) is 0 Å². The number of carbonyl (C=O) groups is 1. The maximum absolute atomic E-state index is 13.4. The molecule has 1 aromatic heterocycles. The Morgan fingerprint density at radius 2 is 2.17 bits per heavy atom. The standard InChI is InChI=1S/C20H25N6O2PS/c1-20(2,3)17-16(27)15(19(28)26(17)10-11-8-21-22-9-11)18-23-13-6-5-12(25-30-4)7-14(13)29-24-18/h5-9,17,25,27,29H,10H2,1-4H3,(H,21,22)(H,23,24). The van der Waals surface area contributed by atoms with Gasteiger partial charge in [-0.05, 0) is 23.6 Å². The van der Waals surface area contributed by atoms with E-state index in [9.17, 15) is 9.90 Å². The molecule has 1 amide bonds. The molecule has 0 saturated heterocycles. The molecule has 0 saturated carbocycles. The average molecular weight is 445 g/mol. The molecule has 2 unspecified atom stereocenters. The molecule has 0 spiro atoms. The third kappa shape index (κ3) is 3.79. The summed E-state index contributed by atoms with van der Waals surface area (Å²) in [6.45, 7) is 6.40. The summed E-state index contributed by atoms with van der Waals surface area (Å²) in [5, 5.41) is 22.2. The molecule has 4 N–H and O–H groups in total. The molecule has 2 atom stereocenters. The van der Waals surface area contributed by atoms with Crippen molar-refractivity contribution < 1.29 is 9.90 Å². The lowest BCUT2D eigenvalue weighted by molar-refractivity contribution is -0.129. The van der Waals surface area contributed by atoms with Crippen LogP contribution in [-0.4, -0.2) is 44.2 Å². The number of carbonyl (C=O) groups excluding carboxylic acids is 1. The first-order valence-corrected chi connectivity index (χ1v) is 11.8. The van der Waals surface area contributed by atoms with Gasteiger partial charge in [0, 0.05) is 44.3 Å². The highest BCUT2D eigenvalue weighted by Crippen LogP contribution is 2.39. The zero-order valence-electron chi connectivity index (χ0n) is 17.3. The predicted octanol–water partition coefficient (Wildman–Crippen LogP) is 3.22. The minimum absolute atomic E-state index is 0.0659. The molecular weight excluding hydrogens is 419 g/mol. The Labute approximate surface area is 181 Å². The molecule has 0 bridgehead atoms. The first kappa shape index (κ1) is 20.8. The fourth-order valence-electron chi connectivity index (χ4n) is 3.79. The van der Waals surface area contributed by atoms with Gasteiger partial charge in [0.2, 0.25) is 0 Å². The van der Waals surface area contributed by atoms with E-state index in [1.54, 1.807) is 17.3 Å². The van der Waals surface area contributed by atoms with E-state index >= 15 is 0 Å². The molecule has 10 heteroatoms. The molecule has 0 fully saturated rings. The molecule has 4 rings (SSSR count). The van der Waals surface area contributed by atoms with E-state index in [0.29, 0.717) is 12.4 Å². The highest BCUT2D eigenvalue weighted by molar-refractivity contribution is 7.99. The fourth-order valence-corrected chi connectivity index (χ4v) is 5.08. The number of H-pyrrole nitrogens is 1. The van der Waals surface area contributed by atoms with Crippen LogP contribution in [0.1, 0.15) is 26.3 Å². The number of hydrogen-bond donors (Lipinski definition) is 4. The summed E-state index contributed by atoms with van der Waals surface area (Å²) < 4.78 is 3.21. The monoisotopic (exact) mass is 444 g/mol. The second kappa shape index (κ2) is 7.96. The Bertz CT molecular complexity index is 1030. The van der Waals surface area contributed by atoms with Crippen LogP contribution in [0.4, 0.5) is 11.4 Å². The van der Waals surface area contributed by atoms with E-state index in [4.69, 9.17) is 0 Å². The first-order valence-electron chi connectivity index (χ1n) is 9.55. The molecule has 30 heavy (non-hydrogen) atoms. The van der Waals surface area contributed by atoms with E-state index in [1.165, 1.54) is 11.9 Å². The number of amides is 1. The zero-order valence-corrected chi connectivity index (χ0v) is 19.1. The number of anilines is 1. The maximum Gasteiger partial charge on any atom is 0.262 e. The molecule has 0 radical (unpaired) electrons. The van der Waals surface area contributed by atoms with Gasteiger partial charge in [0.25, 0.3) is 5.91 Å². The fraction of sp³-hybridized carbons (Fsp3) is 0.350. The van der Waals surface area contributed by atoms with Gasteiger partial charge in [-0.1, -0.05) is 32.7 Å². The van der Waals surface area contributed by atoms with E-state index in [-0.39, 0.29) is 31.4 Å². The summed E-state index contributed by atoms with van der Waals surface area (Å²) in [5.41, 5.74) is 2.60. The summed E-state index contributed by atoms with van der Waals surface area (Å²) in [6, 6.07) is 5.49. The summed E-state index contributed by atoms with van der Waals surface area (Å²) in [6.07, 6.45) is 5.42. The van der Waals surface area contributed by atoms with Gasteiger partial charge in [0.05, 0.1) is 17.9 Å². The van der Waals surface area contributed by atoms with Crippen molar-refractivity contribution in [2.24, 2.45) is 10.4 Å². The molecule has 2 aliphatic rings. The van der Waals surface area contributed by atoms with Crippen LogP contribution >= 0.6 is 20.7 Å². The number of aromatic nitrogens is 2. The highest BCUT2D eigenvalue weighted by atomic mass is 32.2. The van der Waals surface area contributed by atoms with Crippen LogP contribution in [0.5, 0.6) is 0 Å². The lowest BCUT2D eigenvalue weighted by Crippen LogP contribution is -2.43. The molecule has 1 aromatic carbocycles. The van der Waals surface area contributed by atoms with Crippen LogP contribution in [-0.2, 0) is 11.3 Å². The summed E-state index contributed by atoms with van der Waals surface area (Å²) >= 11 is 1.53. The van der Waals surface area contributed by atoms with Gasteiger partial charge in [0.1, 0.15) is 17.2 Å². The SMILES string of the molecule is CSNc1ccc2c(c1)PNC(C1=C(O)C(C(C)(C)C)N(Cc3cn[nH]c3)C1=O)=N2. The Balaban J connectivity index is 1.70. The van der Waals surface area contributed by atoms with Crippen molar-refractivity contribution in [3.05, 3.63) is 47.5 Å². The maximum atomic E-state index is 13.4. The number of fused-ring (bicyclic) bond motifs is 1. The number of aliphatic imine (C=N–C) groups is 1. The minimum Gasteiger partial charge on any atom is -0.509 e. The van der Waals surface area contributed by atoms with Crippen molar-refractivity contribution in [1.82, 2.24) is 20.2 Å². The molecule has 3 heterocycles. The molecule has 8 nitrogen and oxygen atoms in total. The zero-order chi connectivity index (χ0) is 21.5. The van der Waals surface area contributed by atoms with Gasteiger partial charge in [-0.2, -0.15) is 5.10 Å². The van der Waals surface area contributed by atoms with Gasteiger partial charge >= 0.3 is 0 Å². The minimum atomic E-state index is -0.447. The van der Waals surface area contributed by atoms with Crippen molar-refractivity contribution in [2.75, 3.05) is 11.0 Å². The number of hydrogen-bond acceptors (Lipinski definition) is 7. The van der Waals surface area contributed by atoms with Gasteiger partial charge in [-0.15, -0.1) is 0 Å². The molecular formula is C20H25N6O2PS. The van der Waals surface area contributed by atoms with Gasteiger partial charge in [-0.3, -0.25) is 9.89 Å². The van der Waals surface area contributed by atoms with E-state index in [1.807, 2.05) is 45.2 Å². The van der Waals surface area contributed by atoms with Crippen LogP contribution in [0.15, 0.2) is 46.9 Å². The van der Waals surface area contributed by atoms with Crippen LogP contribution in [0.3, 0.4) is 0 Å². The summed E-state index contributed by atoms with van der Waals surface area (Å²) in [5.74, 6) is 0.266. The second-order valence-electron chi connectivity index (χ2n) is 8.32. The number of benzene rings is 1. The summed E-state index contributed by atoms with van der Waals surface area (Å²) in [4.78, 5) is 19.8.